The second kappa shape index (κ2) is 3.90. The molecule has 4 heteroatoms. The minimum Gasteiger partial charge on any atom is -0.479 e. The summed E-state index contributed by atoms with van der Waals surface area (Å²) in [5.74, 6) is -0.935. The van der Waals surface area contributed by atoms with Crippen LogP contribution in [0.5, 0.6) is 0 Å². The second-order valence-corrected chi connectivity index (χ2v) is 3.34. The van der Waals surface area contributed by atoms with Gasteiger partial charge in [0, 0.05) is 5.56 Å². The lowest BCUT2D eigenvalue weighted by atomic mass is 10.0. The molecule has 0 fully saturated rings. The van der Waals surface area contributed by atoms with Gasteiger partial charge in [0.05, 0.1) is 13.0 Å². The van der Waals surface area contributed by atoms with Crippen molar-refractivity contribution < 1.29 is 14.7 Å². The Bertz CT molecular complexity index is 363. The normalized spacial score (nSPS) is 24.5. The van der Waals surface area contributed by atoms with E-state index in [1.54, 1.807) is 12.1 Å². The van der Waals surface area contributed by atoms with E-state index in [9.17, 15) is 5.11 Å². The van der Waals surface area contributed by atoms with Crippen LogP contribution in [0, 0.1) is 0 Å². The van der Waals surface area contributed by atoms with Crippen molar-refractivity contribution in [2.24, 2.45) is 5.16 Å². The minimum absolute atomic E-state index is 0.255. The molecule has 0 aromatic heterocycles. The summed E-state index contributed by atoms with van der Waals surface area (Å²) in [7, 11) is 0. The van der Waals surface area contributed by atoms with Crippen LogP contribution in [0.25, 0.3) is 0 Å². The van der Waals surface area contributed by atoms with Crippen molar-refractivity contribution in [1.29, 1.82) is 0 Å². The molecule has 1 heterocycles. The van der Waals surface area contributed by atoms with Gasteiger partial charge in [-0.3, -0.25) is 0 Å². The molecular weight excluding hydrogens is 194 g/mol. The predicted octanol–water partition coefficient (Wildman–Crippen LogP) is 1.60. The van der Waals surface area contributed by atoms with E-state index < -0.39 is 5.79 Å². The molecule has 1 aromatic rings. The molecule has 4 nitrogen and oxygen atoms in total. The Morgan fingerprint density at radius 3 is 2.87 bits per heavy atom. The maximum atomic E-state index is 10.1. The Labute approximate surface area is 88.1 Å². The lowest BCUT2D eigenvalue weighted by Crippen LogP contribution is -2.25. The molecule has 1 aliphatic rings. The van der Waals surface area contributed by atoms with E-state index in [1.807, 2.05) is 25.1 Å². The number of benzene rings is 1. The lowest BCUT2D eigenvalue weighted by Gasteiger charge is -2.19. The van der Waals surface area contributed by atoms with Gasteiger partial charge >= 0.3 is 0 Å². The summed E-state index contributed by atoms with van der Waals surface area (Å²) in [5, 5.41) is 13.8. The molecule has 1 aliphatic heterocycles. The molecule has 1 N–H and O–H groups in total. The quantitative estimate of drug-likeness (QED) is 0.801. The highest BCUT2D eigenvalue weighted by atomic mass is 16.7. The number of hydrogen-bond donors (Lipinski definition) is 1. The Hall–Kier alpha value is -1.55. The van der Waals surface area contributed by atoms with E-state index in [1.165, 1.54) is 0 Å². The lowest BCUT2D eigenvalue weighted by molar-refractivity contribution is -0.193. The molecule has 1 atom stereocenters. The smallest absolute Gasteiger partial charge is 0.269 e. The van der Waals surface area contributed by atoms with Crippen molar-refractivity contribution in [2.75, 3.05) is 6.61 Å². The SMILES string of the molecule is CCOC1=NOC(O)(c2ccccc2)C1. The van der Waals surface area contributed by atoms with Crippen LogP contribution in [-0.2, 0) is 15.4 Å². The summed E-state index contributed by atoms with van der Waals surface area (Å²) in [6.07, 6.45) is 0.255. The highest BCUT2D eigenvalue weighted by molar-refractivity contribution is 5.77. The molecule has 0 saturated carbocycles. The molecule has 0 amide bonds. The summed E-state index contributed by atoms with van der Waals surface area (Å²) in [5.41, 5.74) is 0.684. The summed E-state index contributed by atoms with van der Waals surface area (Å²) >= 11 is 0. The van der Waals surface area contributed by atoms with Gasteiger partial charge in [0.25, 0.3) is 5.79 Å². The molecular formula is C11H13NO3. The highest BCUT2D eigenvalue weighted by Crippen LogP contribution is 2.31. The van der Waals surface area contributed by atoms with Gasteiger partial charge in [0.1, 0.15) is 0 Å². The molecule has 0 saturated heterocycles. The van der Waals surface area contributed by atoms with Crippen molar-refractivity contribution in [3.8, 4) is 0 Å². The van der Waals surface area contributed by atoms with E-state index in [0.717, 1.165) is 0 Å². The predicted molar refractivity (Wildman–Crippen MR) is 55.1 cm³/mol. The van der Waals surface area contributed by atoms with Crippen LogP contribution in [0.3, 0.4) is 0 Å². The zero-order valence-electron chi connectivity index (χ0n) is 8.51. The molecule has 1 aromatic carbocycles. The molecule has 15 heavy (non-hydrogen) atoms. The van der Waals surface area contributed by atoms with Gasteiger partial charge in [-0.2, -0.15) is 0 Å². The van der Waals surface area contributed by atoms with Gasteiger partial charge in [-0.05, 0) is 12.1 Å². The van der Waals surface area contributed by atoms with Crippen molar-refractivity contribution in [3.05, 3.63) is 35.9 Å². The van der Waals surface area contributed by atoms with Gasteiger partial charge in [0.2, 0.25) is 5.90 Å². The van der Waals surface area contributed by atoms with E-state index in [2.05, 4.69) is 5.16 Å². The van der Waals surface area contributed by atoms with E-state index >= 15 is 0 Å². The number of rotatable bonds is 2. The topological polar surface area (TPSA) is 51.0 Å². The van der Waals surface area contributed by atoms with Crippen LogP contribution in [0.15, 0.2) is 35.5 Å². The van der Waals surface area contributed by atoms with Crippen LogP contribution in [-0.4, -0.2) is 17.6 Å². The number of nitrogens with zero attached hydrogens (tertiary/aromatic N) is 1. The first-order valence-electron chi connectivity index (χ1n) is 4.90. The Balaban J connectivity index is 2.13. The largest absolute Gasteiger partial charge is 0.479 e. The molecule has 0 bridgehead atoms. The number of aliphatic hydroxyl groups is 1. The van der Waals surface area contributed by atoms with Crippen LogP contribution in [0.2, 0.25) is 0 Å². The van der Waals surface area contributed by atoms with Crippen molar-refractivity contribution in [1.82, 2.24) is 0 Å². The average Bonchev–Trinajstić information content (AvgIpc) is 2.64. The average molecular weight is 207 g/mol. The molecule has 80 valence electrons. The number of oxime groups is 1. The maximum Gasteiger partial charge on any atom is 0.269 e. The van der Waals surface area contributed by atoms with Gasteiger partial charge in [-0.15, -0.1) is 0 Å². The minimum atomic E-state index is -1.37. The third kappa shape index (κ3) is 1.94. The highest BCUT2D eigenvalue weighted by Gasteiger charge is 2.39. The monoisotopic (exact) mass is 207 g/mol. The standard InChI is InChI=1S/C11H13NO3/c1-2-14-10-8-11(13,15-12-10)9-6-4-3-5-7-9/h3-7,13H,2,8H2,1H3. The molecule has 1 unspecified atom stereocenters. The first-order valence-corrected chi connectivity index (χ1v) is 4.90. The zero-order valence-corrected chi connectivity index (χ0v) is 8.51. The fraction of sp³-hybridized carbons (Fsp3) is 0.364. The zero-order chi connectivity index (χ0) is 10.7. The summed E-state index contributed by atoms with van der Waals surface area (Å²) < 4.78 is 5.18. The summed E-state index contributed by atoms with van der Waals surface area (Å²) in [4.78, 5) is 5.01. The molecule has 0 spiro atoms. The van der Waals surface area contributed by atoms with Gasteiger partial charge in [0.15, 0.2) is 0 Å². The third-order valence-electron chi connectivity index (χ3n) is 2.23. The van der Waals surface area contributed by atoms with E-state index in [4.69, 9.17) is 9.57 Å². The van der Waals surface area contributed by atoms with Gasteiger partial charge in [-0.1, -0.05) is 30.3 Å². The van der Waals surface area contributed by atoms with Crippen molar-refractivity contribution in [3.63, 3.8) is 0 Å². The van der Waals surface area contributed by atoms with Crippen LogP contribution >= 0.6 is 0 Å². The van der Waals surface area contributed by atoms with Gasteiger partial charge in [-0.25, -0.2) is 0 Å². The number of hydrogen-bond acceptors (Lipinski definition) is 4. The summed E-state index contributed by atoms with van der Waals surface area (Å²) in [6, 6.07) is 9.16. The van der Waals surface area contributed by atoms with Gasteiger partial charge < -0.3 is 14.7 Å². The molecule has 0 aliphatic carbocycles. The molecule has 0 radical (unpaired) electrons. The summed E-state index contributed by atoms with van der Waals surface area (Å²) in [6.45, 7) is 2.38. The second-order valence-electron chi connectivity index (χ2n) is 3.34. The Morgan fingerprint density at radius 2 is 2.20 bits per heavy atom. The first kappa shape index (κ1) is 9.98. The number of ether oxygens (including phenoxy) is 1. The van der Waals surface area contributed by atoms with Crippen LogP contribution in [0.4, 0.5) is 0 Å². The maximum absolute atomic E-state index is 10.1. The van der Waals surface area contributed by atoms with E-state index in [-0.39, 0.29) is 6.42 Å². The Kier molecular flexibility index (Phi) is 2.60. The van der Waals surface area contributed by atoms with Crippen molar-refractivity contribution >= 4 is 5.90 Å². The van der Waals surface area contributed by atoms with Crippen LogP contribution < -0.4 is 0 Å². The third-order valence-corrected chi connectivity index (χ3v) is 2.23. The van der Waals surface area contributed by atoms with Crippen LogP contribution in [0.1, 0.15) is 18.9 Å². The fourth-order valence-corrected chi connectivity index (χ4v) is 1.49. The molecule has 2 rings (SSSR count). The van der Waals surface area contributed by atoms with E-state index in [0.29, 0.717) is 18.1 Å². The first-order chi connectivity index (χ1) is 7.24. The van der Waals surface area contributed by atoms with Crippen molar-refractivity contribution in [2.45, 2.75) is 19.1 Å². The fourth-order valence-electron chi connectivity index (χ4n) is 1.49. The Morgan fingerprint density at radius 1 is 1.47 bits per heavy atom.